The summed E-state index contributed by atoms with van der Waals surface area (Å²) in [5.41, 5.74) is -2.18. The second kappa shape index (κ2) is 11.5. The Morgan fingerprint density at radius 2 is 1.64 bits per heavy atom. The van der Waals surface area contributed by atoms with Crippen molar-refractivity contribution in [2.24, 2.45) is 0 Å². The molecule has 2 fully saturated rings. The van der Waals surface area contributed by atoms with Crippen molar-refractivity contribution in [3.63, 3.8) is 0 Å². The summed E-state index contributed by atoms with van der Waals surface area (Å²) < 4.78 is 91.5. The van der Waals surface area contributed by atoms with Gasteiger partial charge in [0.15, 0.2) is 0 Å². The van der Waals surface area contributed by atoms with Gasteiger partial charge in [0.1, 0.15) is 23.4 Å². The van der Waals surface area contributed by atoms with E-state index in [0.29, 0.717) is 42.2 Å². The van der Waals surface area contributed by atoms with Crippen LogP contribution in [0.5, 0.6) is 5.75 Å². The SMILES string of the molecule is C[C@H]1[C@@H](c2cc(C(F)(F)F)cc(C(F)(F)F)c2)OC(=O)N1Cc1nc(N2CCC2)ccc1-c1cc(-c2cc(C(=O)O)on2)ccc1O. The first-order valence-corrected chi connectivity index (χ1v) is 14.2. The van der Waals surface area contributed by atoms with Crippen molar-refractivity contribution in [3.05, 3.63) is 82.7 Å². The fourth-order valence-electron chi connectivity index (χ4n) is 5.46. The van der Waals surface area contributed by atoms with Gasteiger partial charge in [0.05, 0.1) is 29.4 Å². The molecule has 1 amide bonds. The molecule has 0 spiro atoms. The van der Waals surface area contributed by atoms with Crippen LogP contribution in [-0.4, -0.2) is 56.4 Å². The van der Waals surface area contributed by atoms with E-state index in [1.165, 1.54) is 31.2 Å². The first-order valence-electron chi connectivity index (χ1n) is 14.2. The first kappa shape index (κ1) is 31.7. The highest BCUT2D eigenvalue weighted by Crippen LogP contribution is 2.42. The van der Waals surface area contributed by atoms with Crippen LogP contribution >= 0.6 is 0 Å². The highest BCUT2D eigenvalue weighted by molar-refractivity contribution is 5.86. The molecule has 0 aliphatic carbocycles. The summed E-state index contributed by atoms with van der Waals surface area (Å²) in [7, 11) is 0. The molecule has 4 heterocycles. The molecule has 47 heavy (non-hydrogen) atoms. The van der Waals surface area contributed by atoms with Crippen molar-refractivity contribution < 1.29 is 55.4 Å². The number of hydrogen-bond acceptors (Lipinski definition) is 8. The molecule has 0 radical (unpaired) electrons. The van der Waals surface area contributed by atoms with Gasteiger partial charge >= 0.3 is 24.4 Å². The quantitative estimate of drug-likeness (QED) is 0.199. The number of cyclic esters (lactones) is 1. The first-order chi connectivity index (χ1) is 22.1. The van der Waals surface area contributed by atoms with Gasteiger partial charge in [0.25, 0.3) is 0 Å². The van der Waals surface area contributed by atoms with E-state index in [9.17, 15) is 46.1 Å². The molecule has 2 aliphatic heterocycles. The molecule has 16 heteroatoms. The summed E-state index contributed by atoms with van der Waals surface area (Å²) >= 11 is 0. The Bertz CT molecular complexity index is 1840. The number of rotatable bonds is 7. The molecule has 2 aliphatic rings. The van der Waals surface area contributed by atoms with Crippen molar-refractivity contribution in [2.75, 3.05) is 18.0 Å². The van der Waals surface area contributed by atoms with Crippen molar-refractivity contribution in [1.29, 1.82) is 0 Å². The second-order valence-corrected chi connectivity index (χ2v) is 11.1. The van der Waals surface area contributed by atoms with Gasteiger partial charge in [0, 0.05) is 35.8 Å². The van der Waals surface area contributed by atoms with Crippen LogP contribution in [-0.2, 0) is 23.6 Å². The second-order valence-electron chi connectivity index (χ2n) is 11.1. The number of aromatic carboxylic acids is 1. The molecule has 0 unspecified atom stereocenters. The molecule has 246 valence electrons. The Morgan fingerprint density at radius 1 is 0.957 bits per heavy atom. The lowest BCUT2D eigenvalue weighted by molar-refractivity contribution is -0.143. The van der Waals surface area contributed by atoms with Gasteiger partial charge in [-0.2, -0.15) is 26.3 Å². The molecule has 10 nitrogen and oxygen atoms in total. The highest BCUT2D eigenvalue weighted by atomic mass is 19.4. The maximum absolute atomic E-state index is 13.6. The minimum absolute atomic E-state index is 0.00229. The van der Waals surface area contributed by atoms with E-state index >= 15 is 0 Å². The summed E-state index contributed by atoms with van der Waals surface area (Å²) in [4.78, 5) is 32.2. The number of halogens is 6. The molecule has 0 bridgehead atoms. The lowest BCUT2D eigenvalue weighted by Crippen LogP contribution is -2.38. The number of alkyl halides is 6. The summed E-state index contributed by atoms with van der Waals surface area (Å²) in [5.74, 6) is -1.39. The van der Waals surface area contributed by atoms with Crippen LogP contribution in [0.15, 0.2) is 59.1 Å². The molecule has 0 saturated carbocycles. The molecular weight excluding hydrogens is 638 g/mol. The minimum Gasteiger partial charge on any atom is -0.507 e. The zero-order valence-corrected chi connectivity index (χ0v) is 24.3. The van der Waals surface area contributed by atoms with Crippen LogP contribution < -0.4 is 4.90 Å². The summed E-state index contributed by atoms with van der Waals surface area (Å²) in [6.45, 7) is 2.58. The number of ether oxygens (including phenoxy) is 1. The van der Waals surface area contributed by atoms with E-state index in [2.05, 4.69) is 5.16 Å². The minimum atomic E-state index is -5.09. The molecule has 2 atom stereocenters. The van der Waals surface area contributed by atoms with E-state index in [4.69, 9.17) is 14.2 Å². The average Bonchev–Trinajstić information content (AvgIpc) is 3.57. The van der Waals surface area contributed by atoms with Crippen molar-refractivity contribution in [2.45, 2.75) is 44.4 Å². The maximum atomic E-state index is 13.6. The predicted molar refractivity (Wildman–Crippen MR) is 151 cm³/mol. The number of hydrogen-bond donors (Lipinski definition) is 2. The Balaban J connectivity index is 1.38. The van der Waals surface area contributed by atoms with Gasteiger partial charge in [-0.05, 0) is 67.4 Å². The topological polar surface area (TPSA) is 129 Å². The van der Waals surface area contributed by atoms with Crippen LogP contribution in [0.3, 0.4) is 0 Å². The third kappa shape index (κ3) is 6.14. The summed E-state index contributed by atoms with van der Waals surface area (Å²) in [6, 6.07) is 8.95. The van der Waals surface area contributed by atoms with Gasteiger partial charge in [-0.1, -0.05) is 5.16 Å². The van der Waals surface area contributed by atoms with E-state index in [0.717, 1.165) is 11.3 Å². The zero-order chi connectivity index (χ0) is 33.8. The average molecular weight is 663 g/mol. The Labute approximate surface area is 261 Å². The molecule has 2 N–H and O–H groups in total. The van der Waals surface area contributed by atoms with Gasteiger partial charge in [-0.15, -0.1) is 0 Å². The normalized spacial score (nSPS) is 18.3. The van der Waals surface area contributed by atoms with Crippen LogP contribution in [0, 0.1) is 0 Å². The van der Waals surface area contributed by atoms with Gasteiger partial charge in [-0.25, -0.2) is 14.6 Å². The third-order valence-corrected chi connectivity index (χ3v) is 8.09. The number of pyridine rings is 1. The smallest absolute Gasteiger partial charge is 0.416 e. The van der Waals surface area contributed by atoms with Crippen LogP contribution in [0.25, 0.3) is 22.4 Å². The van der Waals surface area contributed by atoms with E-state index in [-0.39, 0.29) is 35.3 Å². The number of anilines is 1. The molecule has 4 aromatic rings. The lowest BCUT2D eigenvalue weighted by atomic mass is 9.96. The monoisotopic (exact) mass is 662 g/mol. The Morgan fingerprint density at radius 3 is 2.21 bits per heavy atom. The van der Waals surface area contributed by atoms with E-state index in [1.807, 2.05) is 4.90 Å². The van der Waals surface area contributed by atoms with Gasteiger partial charge in [0.2, 0.25) is 5.76 Å². The Kier molecular flexibility index (Phi) is 7.76. The number of aromatic nitrogens is 2. The number of carboxylic acid groups (broad SMARTS) is 1. The number of carbonyl (C=O) groups is 2. The van der Waals surface area contributed by atoms with Crippen molar-refractivity contribution >= 4 is 17.9 Å². The lowest BCUT2D eigenvalue weighted by Gasteiger charge is -2.33. The number of carboxylic acids is 1. The van der Waals surface area contributed by atoms with Crippen LogP contribution in [0.4, 0.5) is 37.0 Å². The van der Waals surface area contributed by atoms with Crippen LogP contribution in [0.1, 0.15) is 52.4 Å². The van der Waals surface area contributed by atoms with Gasteiger partial charge in [-0.3, -0.25) is 4.90 Å². The fraction of sp³-hybridized carbons (Fsp3) is 0.290. The summed E-state index contributed by atoms with van der Waals surface area (Å²) in [5, 5.41) is 23.8. The van der Waals surface area contributed by atoms with E-state index in [1.54, 1.807) is 12.1 Å². The van der Waals surface area contributed by atoms with Crippen molar-refractivity contribution in [3.8, 4) is 28.1 Å². The molecule has 2 saturated heterocycles. The number of amides is 1. The largest absolute Gasteiger partial charge is 0.507 e. The molecular formula is C31H24F6N4O6. The van der Waals surface area contributed by atoms with Crippen LogP contribution in [0.2, 0.25) is 0 Å². The maximum Gasteiger partial charge on any atom is 0.416 e. The fourth-order valence-corrected chi connectivity index (χ4v) is 5.46. The molecule has 2 aromatic carbocycles. The number of phenols is 1. The number of benzene rings is 2. The predicted octanol–water partition coefficient (Wildman–Crippen LogP) is 7.14. The number of phenolic OH excluding ortho intramolecular Hbond substituents is 1. The Hall–Kier alpha value is -5.28. The zero-order valence-electron chi connectivity index (χ0n) is 24.3. The molecule has 2 aromatic heterocycles. The van der Waals surface area contributed by atoms with Crippen molar-refractivity contribution in [1.82, 2.24) is 15.0 Å². The third-order valence-electron chi connectivity index (χ3n) is 8.09. The van der Waals surface area contributed by atoms with E-state index < -0.39 is 59.0 Å². The van der Waals surface area contributed by atoms with Gasteiger partial charge < -0.3 is 24.4 Å². The number of nitrogens with zero attached hydrogens (tertiary/aromatic N) is 4. The number of carbonyl (C=O) groups excluding carboxylic acids is 1. The summed E-state index contributed by atoms with van der Waals surface area (Å²) in [6.07, 6.45) is -11.7. The number of aromatic hydroxyl groups is 1. The highest BCUT2D eigenvalue weighted by Gasteiger charge is 2.43. The standard InChI is InChI=1S/C31H24F6N4O6/c1-15-27(17-9-18(30(32,33)34)12-19(10-17)31(35,36)37)46-29(45)41(15)14-23-20(4-6-26(38-23)40-7-2-8-40)21-11-16(3-5-24(21)42)22-13-25(28(43)44)47-39-22/h3-6,9-13,15,27,42H,2,7-8,14H2,1H3,(H,43,44)/t15-,27-/m0/s1. The molecule has 6 rings (SSSR count).